The second kappa shape index (κ2) is 10.1. The lowest BCUT2D eigenvalue weighted by Gasteiger charge is -2.24. The Bertz CT molecular complexity index is 775. The van der Waals surface area contributed by atoms with Gasteiger partial charge < -0.3 is 19.4 Å². The highest BCUT2D eigenvalue weighted by atomic mass is 32.2. The van der Waals surface area contributed by atoms with Gasteiger partial charge in [-0.05, 0) is 49.6 Å². The summed E-state index contributed by atoms with van der Waals surface area (Å²) in [4.78, 5) is 27.2. The molecule has 1 N–H and O–H groups in total. The molecular weight excluding hydrogens is 364 g/mol. The maximum Gasteiger partial charge on any atom is 0.255 e. The van der Waals surface area contributed by atoms with Gasteiger partial charge in [-0.3, -0.25) is 9.59 Å². The Labute approximate surface area is 164 Å². The van der Waals surface area contributed by atoms with E-state index in [0.29, 0.717) is 30.0 Å². The highest BCUT2D eigenvalue weighted by molar-refractivity contribution is 7.98. The van der Waals surface area contributed by atoms with Crippen molar-refractivity contribution in [3.05, 3.63) is 53.5 Å². The largest absolute Gasteiger partial charge is 0.496 e. The Balaban J connectivity index is 2.10. The maximum absolute atomic E-state index is 12.9. The van der Waals surface area contributed by atoms with Crippen molar-refractivity contribution in [3.8, 4) is 5.75 Å². The maximum atomic E-state index is 12.9. The zero-order valence-electron chi connectivity index (χ0n) is 16.2. The van der Waals surface area contributed by atoms with Crippen LogP contribution in [0.25, 0.3) is 0 Å². The summed E-state index contributed by atoms with van der Waals surface area (Å²) in [7, 11) is 3.23. The third kappa shape index (κ3) is 5.79. The van der Waals surface area contributed by atoms with Crippen LogP contribution in [-0.2, 0) is 11.3 Å². The average Bonchev–Trinajstić information content (AvgIpc) is 3.08. The minimum atomic E-state index is -0.615. The number of rotatable bonds is 9. The minimum absolute atomic E-state index is 0.152. The van der Waals surface area contributed by atoms with Crippen molar-refractivity contribution in [2.24, 2.45) is 0 Å². The van der Waals surface area contributed by atoms with E-state index in [4.69, 9.17) is 9.15 Å². The van der Waals surface area contributed by atoms with Crippen molar-refractivity contribution in [1.82, 2.24) is 10.2 Å². The van der Waals surface area contributed by atoms with Gasteiger partial charge in [-0.15, -0.1) is 0 Å². The predicted octanol–water partition coefficient (Wildman–Crippen LogP) is 3.11. The first-order valence-electron chi connectivity index (χ1n) is 8.69. The minimum Gasteiger partial charge on any atom is -0.496 e. The zero-order chi connectivity index (χ0) is 19.8. The molecule has 0 saturated heterocycles. The Hall–Kier alpha value is -2.41. The fraction of sp³-hybridized carbons (Fsp3) is 0.400. The van der Waals surface area contributed by atoms with Crippen molar-refractivity contribution in [2.45, 2.75) is 25.9 Å². The lowest BCUT2D eigenvalue weighted by Crippen LogP contribution is -2.47. The van der Waals surface area contributed by atoms with Gasteiger partial charge in [0, 0.05) is 7.05 Å². The van der Waals surface area contributed by atoms with Gasteiger partial charge in [-0.25, -0.2) is 0 Å². The van der Waals surface area contributed by atoms with Crippen molar-refractivity contribution in [1.29, 1.82) is 0 Å². The summed E-state index contributed by atoms with van der Waals surface area (Å²) < 4.78 is 10.8. The molecule has 2 rings (SSSR count). The van der Waals surface area contributed by atoms with E-state index < -0.39 is 6.04 Å². The first kappa shape index (κ1) is 20.9. The molecule has 1 atom stereocenters. The van der Waals surface area contributed by atoms with Gasteiger partial charge in [0.1, 0.15) is 23.3 Å². The number of hydrogen-bond donors (Lipinski definition) is 1. The van der Waals surface area contributed by atoms with Crippen LogP contribution in [0, 0.1) is 6.92 Å². The number of thioether (sulfide) groups is 1. The molecule has 146 valence electrons. The van der Waals surface area contributed by atoms with Crippen LogP contribution < -0.4 is 10.1 Å². The summed E-state index contributed by atoms with van der Waals surface area (Å²) in [6, 6.07) is 10.1. The molecule has 0 fully saturated rings. The third-order valence-electron chi connectivity index (χ3n) is 4.13. The van der Waals surface area contributed by atoms with Crippen LogP contribution in [0.15, 0.2) is 40.8 Å². The molecule has 0 aliphatic carbocycles. The number of carbonyl (C=O) groups excluding carboxylic acids is 2. The first-order valence-corrected chi connectivity index (χ1v) is 10.1. The molecule has 0 bridgehead atoms. The lowest BCUT2D eigenvalue weighted by molar-refractivity contribution is -0.132. The van der Waals surface area contributed by atoms with Crippen molar-refractivity contribution < 1.29 is 18.7 Å². The average molecular weight is 391 g/mol. The van der Waals surface area contributed by atoms with E-state index in [1.165, 1.54) is 7.11 Å². The molecular formula is C20H26N2O4S. The summed E-state index contributed by atoms with van der Waals surface area (Å²) >= 11 is 1.63. The predicted molar refractivity (Wildman–Crippen MR) is 107 cm³/mol. The lowest BCUT2D eigenvalue weighted by atomic mass is 10.1. The number of aryl methyl sites for hydroxylation is 1. The van der Waals surface area contributed by atoms with Crippen LogP contribution in [0.5, 0.6) is 5.75 Å². The number of nitrogens with one attached hydrogen (secondary N) is 1. The first-order chi connectivity index (χ1) is 13.0. The van der Waals surface area contributed by atoms with Crippen LogP contribution in [-0.4, -0.2) is 48.9 Å². The topological polar surface area (TPSA) is 71.8 Å². The summed E-state index contributed by atoms with van der Waals surface area (Å²) in [5, 5.41) is 2.86. The molecule has 1 aromatic heterocycles. The van der Waals surface area contributed by atoms with Gasteiger partial charge in [0.05, 0.1) is 19.2 Å². The third-order valence-corrected chi connectivity index (χ3v) is 4.77. The van der Waals surface area contributed by atoms with Crippen LogP contribution in [0.4, 0.5) is 0 Å². The van der Waals surface area contributed by atoms with Crippen LogP contribution in [0.1, 0.15) is 28.3 Å². The SMILES string of the molecule is COc1ccccc1C(=O)NC(CCSC)C(=O)N(C)Cc1ccc(C)o1. The number of furan rings is 1. The van der Waals surface area contributed by atoms with E-state index in [9.17, 15) is 9.59 Å². The quantitative estimate of drug-likeness (QED) is 0.712. The number of nitrogens with zero attached hydrogens (tertiary/aromatic N) is 1. The number of ether oxygens (including phenoxy) is 1. The molecule has 0 aliphatic rings. The van der Waals surface area contributed by atoms with Crippen molar-refractivity contribution in [2.75, 3.05) is 26.2 Å². The van der Waals surface area contributed by atoms with E-state index in [2.05, 4.69) is 5.32 Å². The van der Waals surface area contributed by atoms with E-state index >= 15 is 0 Å². The number of amides is 2. The summed E-state index contributed by atoms with van der Waals surface area (Å²) in [6.07, 6.45) is 2.52. The van der Waals surface area contributed by atoms with Crippen molar-refractivity contribution >= 4 is 23.6 Å². The van der Waals surface area contributed by atoms with Gasteiger partial charge in [-0.2, -0.15) is 11.8 Å². The molecule has 0 spiro atoms. The summed E-state index contributed by atoms with van der Waals surface area (Å²) in [5.74, 6) is 2.27. The Morgan fingerprint density at radius 1 is 1.26 bits per heavy atom. The number of benzene rings is 1. The van der Waals surface area contributed by atoms with Gasteiger partial charge in [0.2, 0.25) is 5.91 Å². The fourth-order valence-corrected chi connectivity index (χ4v) is 3.18. The second-order valence-electron chi connectivity index (χ2n) is 6.21. The highest BCUT2D eigenvalue weighted by Crippen LogP contribution is 2.18. The zero-order valence-corrected chi connectivity index (χ0v) is 17.0. The number of likely N-dealkylation sites (N-methyl/N-ethyl adjacent to an activating group) is 1. The normalized spacial score (nSPS) is 11.7. The molecule has 7 heteroatoms. The molecule has 2 aromatic rings. The Kier molecular flexibility index (Phi) is 7.79. The van der Waals surface area contributed by atoms with Gasteiger partial charge in [0.25, 0.3) is 5.91 Å². The summed E-state index contributed by atoms with van der Waals surface area (Å²) in [6.45, 7) is 2.22. The number of para-hydroxylation sites is 1. The Morgan fingerprint density at radius 2 is 2.00 bits per heavy atom. The van der Waals surface area contributed by atoms with Gasteiger partial charge >= 0.3 is 0 Å². The molecule has 1 aromatic carbocycles. The molecule has 27 heavy (non-hydrogen) atoms. The van der Waals surface area contributed by atoms with E-state index in [-0.39, 0.29) is 11.8 Å². The van der Waals surface area contributed by atoms with E-state index in [1.807, 2.05) is 25.3 Å². The number of hydrogen-bond acceptors (Lipinski definition) is 5. The van der Waals surface area contributed by atoms with E-state index in [0.717, 1.165) is 11.5 Å². The molecule has 6 nitrogen and oxygen atoms in total. The molecule has 1 unspecified atom stereocenters. The second-order valence-corrected chi connectivity index (χ2v) is 7.20. The molecule has 1 heterocycles. The van der Waals surface area contributed by atoms with E-state index in [1.54, 1.807) is 48.0 Å². The smallest absolute Gasteiger partial charge is 0.255 e. The van der Waals surface area contributed by atoms with Crippen molar-refractivity contribution in [3.63, 3.8) is 0 Å². The molecule has 0 radical (unpaired) electrons. The van der Waals surface area contributed by atoms with Crippen LogP contribution >= 0.6 is 11.8 Å². The van der Waals surface area contributed by atoms with Gasteiger partial charge in [-0.1, -0.05) is 12.1 Å². The molecule has 0 aliphatic heterocycles. The fourth-order valence-electron chi connectivity index (χ4n) is 2.71. The van der Waals surface area contributed by atoms with Crippen LogP contribution in [0.3, 0.4) is 0 Å². The monoisotopic (exact) mass is 390 g/mol. The highest BCUT2D eigenvalue weighted by Gasteiger charge is 2.25. The molecule has 0 saturated carbocycles. The summed E-state index contributed by atoms with van der Waals surface area (Å²) in [5.41, 5.74) is 0.409. The number of methoxy groups -OCH3 is 1. The molecule has 2 amide bonds. The van der Waals surface area contributed by atoms with Crippen LogP contribution in [0.2, 0.25) is 0 Å². The standard InChI is InChI=1S/C20H26N2O4S/c1-14-9-10-15(26-14)13-22(2)20(24)17(11-12-27-4)21-19(23)16-7-5-6-8-18(16)25-3/h5-10,17H,11-13H2,1-4H3,(H,21,23). The number of carbonyl (C=O) groups is 2. The van der Waals surface area contributed by atoms with Gasteiger partial charge in [0.15, 0.2) is 0 Å². The Morgan fingerprint density at radius 3 is 2.63 bits per heavy atom.